The smallest absolute Gasteiger partial charge is 0.224 e. The van der Waals surface area contributed by atoms with E-state index in [-0.39, 0.29) is 0 Å². The molecule has 1 aromatic carbocycles. The average Bonchev–Trinajstić information content (AvgIpc) is 3.01. The number of anilines is 1. The summed E-state index contributed by atoms with van der Waals surface area (Å²) in [5, 5.41) is 3.41. The Hall–Kier alpha value is -1.55. The minimum absolute atomic E-state index is 0.318. The van der Waals surface area contributed by atoms with Crippen LogP contribution in [-0.4, -0.2) is 49.6 Å². The first-order valence-corrected chi connectivity index (χ1v) is 8.06. The Balaban J connectivity index is 1.52. The highest BCUT2D eigenvalue weighted by atomic mass is 16.2. The topological polar surface area (TPSA) is 35.6 Å². The van der Waals surface area contributed by atoms with E-state index in [2.05, 4.69) is 41.4 Å². The Labute approximate surface area is 127 Å². The summed E-state index contributed by atoms with van der Waals surface area (Å²) >= 11 is 0. The van der Waals surface area contributed by atoms with Crippen molar-refractivity contribution < 1.29 is 4.79 Å². The number of benzene rings is 1. The minimum atomic E-state index is 0.318. The Morgan fingerprint density at radius 1 is 1.24 bits per heavy atom. The Kier molecular flexibility index (Phi) is 4.44. The summed E-state index contributed by atoms with van der Waals surface area (Å²) in [6.45, 7) is 6.79. The molecule has 2 saturated heterocycles. The third kappa shape index (κ3) is 3.38. The predicted octanol–water partition coefficient (Wildman–Crippen LogP) is 1.79. The summed E-state index contributed by atoms with van der Waals surface area (Å²) in [5.74, 6) is 0.318. The van der Waals surface area contributed by atoms with Crippen LogP contribution in [0, 0.1) is 6.92 Å². The van der Waals surface area contributed by atoms with Gasteiger partial charge in [0, 0.05) is 44.3 Å². The van der Waals surface area contributed by atoms with Gasteiger partial charge in [-0.05, 0) is 37.9 Å². The quantitative estimate of drug-likeness (QED) is 0.920. The molecule has 2 aliphatic heterocycles. The second kappa shape index (κ2) is 6.48. The van der Waals surface area contributed by atoms with Gasteiger partial charge in [0.2, 0.25) is 5.91 Å². The second-order valence-corrected chi connectivity index (χ2v) is 6.15. The van der Waals surface area contributed by atoms with Crippen LogP contribution in [0.5, 0.6) is 0 Å². The van der Waals surface area contributed by atoms with Crippen LogP contribution in [-0.2, 0) is 4.79 Å². The van der Waals surface area contributed by atoms with Crippen molar-refractivity contribution in [2.45, 2.75) is 32.2 Å². The molecular weight excluding hydrogens is 262 g/mol. The van der Waals surface area contributed by atoms with Gasteiger partial charge >= 0.3 is 0 Å². The lowest BCUT2D eigenvalue weighted by Gasteiger charge is -2.37. The van der Waals surface area contributed by atoms with E-state index in [4.69, 9.17) is 0 Å². The molecule has 1 N–H and O–H groups in total. The van der Waals surface area contributed by atoms with Crippen LogP contribution in [0.4, 0.5) is 5.69 Å². The van der Waals surface area contributed by atoms with E-state index in [1.165, 1.54) is 17.7 Å². The number of hydrogen-bond acceptors (Lipinski definition) is 3. The lowest BCUT2D eigenvalue weighted by atomic mass is 10.1. The maximum Gasteiger partial charge on any atom is 0.224 e. The highest BCUT2D eigenvalue weighted by Gasteiger charge is 2.25. The van der Waals surface area contributed by atoms with Gasteiger partial charge in [0.05, 0.1) is 0 Å². The fourth-order valence-electron chi connectivity index (χ4n) is 3.39. The molecule has 0 aliphatic carbocycles. The number of para-hydroxylation sites is 1. The molecule has 114 valence electrons. The SMILES string of the molecule is Cc1ccccc1N1CCN(C(=O)CC2CCCN2)CC1. The number of piperazine rings is 1. The molecule has 3 rings (SSSR count). The first-order valence-electron chi connectivity index (χ1n) is 8.06. The van der Waals surface area contributed by atoms with Crippen molar-refractivity contribution in [3.05, 3.63) is 29.8 Å². The standard InChI is InChI=1S/C17H25N3O/c1-14-5-2-3-7-16(14)19-9-11-20(12-10-19)17(21)13-15-6-4-8-18-15/h2-3,5,7,15,18H,4,6,8-13H2,1H3. The molecule has 2 heterocycles. The summed E-state index contributed by atoms with van der Waals surface area (Å²) in [5.41, 5.74) is 2.62. The van der Waals surface area contributed by atoms with Crippen molar-refractivity contribution in [3.8, 4) is 0 Å². The number of nitrogens with zero attached hydrogens (tertiary/aromatic N) is 2. The van der Waals surface area contributed by atoms with E-state index in [0.29, 0.717) is 18.4 Å². The van der Waals surface area contributed by atoms with E-state index in [9.17, 15) is 4.79 Å². The normalized spacial score (nSPS) is 22.6. The summed E-state index contributed by atoms with van der Waals surface area (Å²) in [4.78, 5) is 16.8. The van der Waals surface area contributed by atoms with E-state index < -0.39 is 0 Å². The lowest BCUT2D eigenvalue weighted by molar-refractivity contribution is -0.131. The van der Waals surface area contributed by atoms with Crippen LogP contribution in [0.2, 0.25) is 0 Å². The fraction of sp³-hybridized carbons (Fsp3) is 0.588. The first-order chi connectivity index (χ1) is 10.2. The molecule has 0 radical (unpaired) electrons. The number of rotatable bonds is 3. The Morgan fingerprint density at radius 2 is 2.00 bits per heavy atom. The molecule has 21 heavy (non-hydrogen) atoms. The molecule has 1 aromatic rings. The molecule has 0 saturated carbocycles. The zero-order valence-electron chi connectivity index (χ0n) is 12.8. The van der Waals surface area contributed by atoms with Crippen molar-refractivity contribution in [2.24, 2.45) is 0 Å². The Bertz CT molecular complexity index is 489. The molecule has 0 aromatic heterocycles. The number of nitrogens with one attached hydrogen (secondary N) is 1. The van der Waals surface area contributed by atoms with E-state index in [0.717, 1.165) is 39.1 Å². The molecule has 4 nitrogen and oxygen atoms in total. The molecule has 1 unspecified atom stereocenters. The summed E-state index contributed by atoms with van der Waals surface area (Å²) in [6.07, 6.45) is 3.03. The maximum absolute atomic E-state index is 12.3. The van der Waals surface area contributed by atoms with Gasteiger partial charge in [-0.25, -0.2) is 0 Å². The zero-order chi connectivity index (χ0) is 14.7. The van der Waals surface area contributed by atoms with Crippen LogP contribution in [0.3, 0.4) is 0 Å². The molecule has 4 heteroatoms. The average molecular weight is 287 g/mol. The lowest BCUT2D eigenvalue weighted by Crippen LogP contribution is -2.49. The van der Waals surface area contributed by atoms with Gasteiger partial charge < -0.3 is 15.1 Å². The summed E-state index contributed by atoms with van der Waals surface area (Å²) in [6, 6.07) is 8.90. The second-order valence-electron chi connectivity index (χ2n) is 6.15. The Morgan fingerprint density at radius 3 is 2.67 bits per heavy atom. The van der Waals surface area contributed by atoms with Gasteiger partial charge in [0.1, 0.15) is 0 Å². The van der Waals surface area contributed by atoms with Crippen molar-refractivity contribution in [2.75, 3.05) is 37.6 Å². The highest BCUT2D eigenvalue weighted by molar-refractivity contribution is 5.77. The molecule has 2 aliphatic rings. The third-order valence-electron chi connectivity index (χ3n) is 4.67. The molecule has 0 spiro atoms. The van der Waals surface area contributed by atoms with E-state index in [1.54, 1.807) is 0 Å². The van der Waals surface area contributed by atoms with Crippen LogP contribution < -0.4 is 10.2 Å². The number of amides is 1. The van der Waals surface area contributed by atoms with Crippen molar-refractivity contribution in [3.63, 3.8) is 0 Å². The van der Waals surface area contributed by atoms with Crippen LogP contribution in [0.1, 0.15) is 24.8 Å². The first kappa shape index (κ1) is 14.4. The van der Waals surface area contributed by atoms with Crippen molar-refractivity contribution in [1.82, 2.24) is 10.2 Å². The molecule has 1 amide bonds. The predicted molar refractivity (Wildman–Crippen MR) is 85.6 cm³/mol. The molecular formula is C17H25N3O. The van der Waals surface area contributed by atoms with E-state index >= 15 is 0 Å². The zero-order valence-corrected chi connectivity index (χ0v) is 12.8. The maximum atomic E-state index is 12.3. The number of carbonyl (C=O) groups excluding carboxylic acids is 1. The third-order valence-corrected chi connectivity index (χ3v) is 4.67. The highest BCUT2D eigenvalue weighted by Crippen LogP contribution is 2.21. The van der Waals surface area contributed by atoms with Gasteiger partial charge in [-0.15, -0.1) is 0 Å². The summed E-state index contributed by atoms with van der Waals surface area (Å²) < 4.78 is 0. The van der Waals surface area contributed by atoms with Gasteiger partial charge in [0.15, 0.2) is 0 Å². The molecule has 0 bridgehead atoms. The van der Waals surface area contributed by atoms with Crippen molar-refractivity contribution in [1.29, 1.82) is 0 Å². The molecule has 2 fully saturated rings. The largest absolute Gasteiger partial charge is 0.368 e. The molecule has 1 atom stereocenters. The number of aryl methyl sites for hydroxylation is 1. The van der Waals surface area contributed by atoms with Crippen LogP contribution in [0.15, 0.2) is 24.3 Å². The number of hydrogen-bond donors (Lipinski definition) is 1. The summed E-state index contributed by atoms with van der Waals surface area (Å²) in [7, 11) is 0. The van der Waals surface area contributed by atoms with Crippen LogP contribution >= 0.6 is 0 Å². The number of carbonyl (C=O) groups is 1. The van der Waals surface area contributed by atoms with Crippen LogP contribution in [0.25, 0.3) is 0 Å². The van der Waals surface area contributed by atoms with Gasteiger partial charge in [0.25, 0.3) is 0 Å². The monoisotopic (exact) mass is 287 g/mol. The fourth-order valence-corrected chi connectivity index (χ4v) is 3.39. The minimum Gasteiger partial charge on any atom is -0.368 e. The van der Waals surface area contributed by atoms with Crippen molar-refractivity contribution >= 4 is 11.6 Å². The van der Waals surface area contributed by atoms with Gasteiger partial charge in [-0.3, -0.25) is 4.79 Å². The van der Waals surface area contributed by atoms with Gasteiger partial charge in [-0.1, -0.05) is 18.2 Å². The van der Waals surface area contributed by atoms with E-state index in [1.807, 2.05) is 4.90 Å². The van der Waals surface area contributed by atoms with Gasteiger partial charge in [-0.2, -0.15) is 0 Å².